The summed E-state index contributed by atoms with van der Waals surface area (Å²) in [7, 11) is 0. The van der Waals surface area contributed by atoms with Gasteiger partial charge in [-0.15, -0.1) is 0 Å². The highest BCUT2D eigenvalue weighted by atomic mass is 16.3. The Balaban J connectivity index is 2.34. The van der Waals surface area contributed by atoms with Crippen LogP contribution in [-0.4, -0.2) is 64.7 Å². The molecule has 0 aromatic heterocycles. The SMILES string of the molecule is CC(C)(C)CC(C)(C)C(=O)c1ccc2cc(N(CC(O)CO)CC(O)CO)ccc2c1. The van der Waals surface area contributed by atoms with Crippen LogP contribution < -0.4 is 4.90 Å². The monoisotopic (exact) mass is 431 g/mol. The Morgan fingerprint density at radius 1 is 0.871 bits per heavy atom. The van der Waals surface area contributed by atoms with Gasteiger partial charge in [0.1, 0.15) is 0 Å². The molecule has 0 heterocycles. The van der Waals surface area contributed by atoms with E-state index < -0.39 is 30.8 Å². The second kappa shape index (κ2) is 10.1. The maximum absolute atomic E-state index is 13.2. The zero-order valence-electron chi connectivity index (χ0n) is 19.3. The van der Waals surface area contributed by atoms with Crippen molar-refractivity contribution in [2.24, 2.45) is 10.8 Å². The lowest BCUT2D eigenvalue weighted by Gasteiger charge is -2.31. The van der Waals surface area contributed by atoms with Crippen LogP contribution in [0.15, 0.2) is 36.4 Å². The summed E-state index contributed by atoms with van der Waals surface area (Å²) in [6, 6.07) is 11.3. The normalized spacial score (nSPS) is 14.5. The fraction of sp³-hybridized carbons (Fsp3) is 0.560. The van der Waals surface area contributed by atoms with E-state index in [1.54, 1.807) is 4.90 Å². The van der Waals surface area contributed by atoms with E-state index in [0.29, 0.717) is 5.56 Å². The number of hydrogen-bond donors (Lipinski definition) is 4. The Morgan fingerprint density at radius 3 is 1.90 bits per heavy atom. The summed E-state index contributed by atoms with van der Waals surface area (Å²) in [6.45, 7) is 9.85. The molecule has 2 aromatic rings. The van der Waals surface area contributed by atoms with Crippen LogP contribution in [0.2, 0.25) is 0 Å². The van der Waals surface area contributed by atoms with Gasteiger partial charge in [0.2, 0.25) is 0 Å². The van der Waals surface area contributed by atoms with Gasteiger partial charge in [-0.05, 0) is 40.8 Å². The predicted molar refractivity (Wildman–Crippen MR) is 125 cm³/mol. The number of rotatable bonds is 10. The largest absolute Gasteiger partial charge is 0.394 e. The molecule has 172 valence electrons. The van der Waals surface area contributed by atoms with E-state index in [1.807, 2.05) is 50.2 Å². The van der Waals surface area contributed by atoms with Crippen molar-refractivity contribution in [2.45, 2.75) is 53.2 Å². The molecule has 2 atom stereocenters. The van der Waals surface area contributed by atoms with Gasteiger partial charge in [-0.25, -0.2) is 0 Å². The van der Waals surface area contributed by atoms with Crippen molar-refractivity contribution in [3.63, 3.8) is 0 Å². The van der Waals surface area contributed by atoms with Gasteiger partial charge in [0.05, 0.1) is 25.4 Å². The molecule has 0 bridgehead atoms. The summed E-state index contributed by atoms with van der Waals surface area (Å²) in [5, 5.41) is 40.0. The first kappa shape index (κ1) is 25.3. The fourth-order valence-corrected chi connectivity index (χ4v) is 4.28. The first-order valence-corrected chi connectivity index (χ1v) is 10.8. The lowest BCUT2D eigenvalue weighted by atomic mass is 9.72. The number of nitrogens with zero attached hydrogens (tertiary/aromatic N) is 1. The number of ketones is 1. The molecule has 0 aliphatic rings. The smallest absolute Gasteiger partial charge is 0.168 e. The minimum absolute atomic E-state index is 0.0483. The average Bonchev–Trinajstić information content (AvgIpc) is 2.69. The number of benzene rings is 2. The molecule has 6 nitrogen and oxygen atoms in total. The van der Waals surface area contributed by atoms with Gasteiger partial charge in [-0.1, -0.05) is 52.8 Å². The van der Waals surface area contributed by atoms with E-state index in [9.17, 15) is 25.2 Å². The summed E-state index contributed by atoms with van der Waals surface area (Å²) < 4.78 is 0. The maximum atomic E-state index is 13.2. The molecule has 0 saturated heterocycles. The molecule has 4 N–H and O–H groups in total. The lowest BCUT2D eigenvalue weighted by molar-refractivity contribution is 0.0770. The van der Waals surface area contributed by atoms with Crippen molar-refractivity contribution in [3.8, 4) is 0 Å². The molecule has 2 aromatic carbocycles. The zero-order chi connectivity index (χ0) is 23.4. The van der Waals surface area contributed by atoms with Crippen molar-refractivity contribution in [3.05, 3.63) is 42.0 Å². The van der Waals surface area contributed by atoms with Crippen molar-refractivity contribution < 1.29 is 25.2 Å². The van der Waals surface area contributed by atoms with Gasteiger partial charge in [-0.3, -0.25) is 4.79 Å². The van der Waals surface area contributed by atoms with E-state index in [1.165, 1.54) is 0 Å². The topological polar surface area (TPSA) is 101 Å². The highest BCUT2D eigenvalue weighted by molar-refractivity contribution is 6.03. The first-order valence-electron chi connectivity index (χ1n) is 10.8. The molecule has 6 heteroatoms. The minimum atomic E-state index is -0.966. The number of hydrogen-bond acceptors (Lipinski definition) is 6. The number of aliphatic hydroxyl groups is 4. The van der Waals surface area contributed by atoms with Crippen LogP contribution in [0.25, 0.3) is 10.8 Å². The second-order valence-electron chi connectivity index (χ2n) is 10.3. The Bertz CT molecular complexity index is 875. The molecule has 0 fully saturated rings. The number of anilines is 1. The minimum Gasteiger partial charge on any atom is -0.394 e. The number of aliphatic hydroxyl groups excluding tert-OH is 4. The van der Waals surface area contributed by atoms with Gasteiger partial charge in [0.25, 0.3) is 0 Å². The molecule has 0 spiro atoms. The Kier molecular flexibility index (Phi) is 8.22. The summed E-state index contributed by atoms with van der Waals surface area (Å²) in [4.78, 5) is 14.9. The van der Waals surface area contributed by atoms with E-state index in [2.05, 4.69) is 20.8 Å². The Labute approximate surface area is 185 Å². The molecule has 2 unspecified atom stereocenters. The van der Waals surface area contributed by atoms with E-state index in [0.717, 1.165) is 22.9 Å². The van der Waals surface area contributed by atoms with Crippen LogP contribution in [0.5, 0.6) is 0 Å². The molecule has 0 amide bonds. The number of carbonyl (C=O) groups is 1. The summed E-state index contributed by atoms with van der Waals surface area (Å²) in [5.74, 6) is 0.118. The van der Waals surface area contributed by atoms with Crippen molar-refractivity contribution in [2.75, 3.05) is 31.2 Å². The second-order valence-corrected chi connectivity index (χ2v) is 10.3. The summed E-state index contributed by atoms with van der Waals surface area (Å²) >= 11 is 0. The maximum Gasteiger partial charge on any atom is 0.168 e. The quantitative estimate of drug-likeness (QED) is 0.432. The van der Waals surface area contributed by atoms with Crippen LogP contribution in [0, 0.1) is 10.8 Å². The van der Waals surface area contributed by atoms with E-state index >= 15 is 0 Å². The molecular formula is C25H37NO5. The van der Waals surface area contributed by atoms with Gasteiger partial charge < -0.3 is 25.3 Å². The third-order valence-corrected chi connectivity index (χ3v) is 5.32. The lowest BCUT2D eigenvalue weighted by Crippen LogP contribution is -2.40. The van der Waals surface area contributed by atoms with Crippen molar-refractivity contribution in [1.29, 1.82) is 0 Å². The van der Waals surface area contributed by atoms with Gasteiger partial charge >= 0.3 is 0 Å². The van der Waals surface area contributed by atoms with Crippen molar-refractivity contribution >= 4 is 22.2 Å². The highest BCUT2D eigenvalue weighted by Gasteiger charge is 2.33. The molecule has 0 aliphatic heterocycles. The van der Waals surface area contributed by atoms with Crippen LogP contribution in [0.4, 0.5) is 5.69 Å². The van der Waals surface area contributed by atoms with E-state index in [4.69, 9.17) is 0 Å². The van der Waals surface area contributed by atoms with Crippen LogP contribution in [0.3, 0.4) is 0 Å². The molecule has 31 heavy (non-hydrogen) atoms. The predicted octanol–water partition coefficient (Wildman–Crippen LogP) is 3.00. The van der Waals surface area contributed by atoms with Crippen LogP contribution in [-0.2, 0) is 0 Å². The molecule has 0 saturated carbocycles. The van der Waals surface area contributed by atoms with Crippen LogP contribution >= 0.6 is 0 Å². The average molecular weight is 432 g/mol. The first-order chi connectivity index (χ1) is 14.4. The van der Waals surface area contributed by atoms with E-state index in [-0.39, 0.29) is 24.3 Å². The van der Waals surface area contributed by atoms with Gasteiger partial charge in [-0.2, -0.15) is 0 Å². The standard InChI is InChI=1S/C25H37NO5/c1-24(2,3)16-25(4,5)23(31)19-7-6-18-11-20(9-8-17(18)10-19)26(12-21(29)14-27)13-22(30)15-28/h6-11,21-22,27-30H,12-16H2,1-5H3. The number of carbonyl (C=O) groups excluding carboxylic acids is 1. The number of Topliss-reactive ketones (excluding diaryl/α,β-unsaturated/α-hetero) is 1. The van der Waals surface area contributed by atoms with Crippen LogP contribution in [0.1, 0.15) is 51.4 Å². The molecular weight excluding hydrogens is 394 g/mol. The third-order valence-electron chi connectivity index (χ3n) is 5.32. The molecule has 2 rings (SSSR count). The zero-order valence-corrected chi connectivity index (χ0v) is 19.3. The molecule has 0 aliphatic carbocycles. The van der Waals surface area contributed by atoms with Gasteiger partial charge in [0.15, 0.2) is 5.78 Å². The van der Waals surface area contributed by atoms with Gasteiger partial charge in [0, 0.05) is 29.8 Å². The fourth-order valence-electron chi connectivity index (χ4n) is 4.28. The Hall–Kier alpha value is -1.99. The van der Waals surface area contributed by atoms with Crippen molar-refractivity contribution in [1.82, 2.24) is 0 Å². The summed E-state index contributed by atoms with van der Waals surface area (Å²) in [5.41, 5.74) is 1.01. The molecule has 0 radical (unpaired) electrons. The summed E-state index contributed by atoms with van der Waals surface area (Å²) in [6.07, 6.45) is -1.15. The number of fused-ring (bicyclic) bond motifs is 1. The Morgan fingerprint density at radius 2 is 1.39 bits per heavy atom. The highest BCUT2D eigenvalue weighted by Crippen LogP contribution is 2.36. The third kappa shape index (κ3) is 7.01.